The van der Waals surface area contributed by atoms with Crippen molar-refractivity contribution in [2.24, 2.45) is 0 Å². The Balaban J connectivity index is 2.28. The predicted octanol–water partition coefficient (Wildman–Crippen LogP) is 2.23. The molecule has 0 aliphatic heterocycles. The minimum absolute atomic E-state index is 0.222. The van der Waals surface area contributed by atoms with Gasteiger partial charge in [0.1, 0.15) is 5.54 Å². The van der Waals surface area contributed by atoms with Crippen LogP contribution in [0.15, 0.2) is 12.1 Å². The van der Waals surface area contributed by atoms with E-state index in [1.165, 1.54) is 0 Å². The molecule has 1 aromatic carbocycles. The molecule has 0 radical (unpaired) electrons. The van der Waals surface area contributed by atoms with E-state index in [9.17, 15) is 27.9 Å². The van der Waals surface area contributed by atoms with Crippen LogP contribution in [0, 0.1) is 17.5 Å². The number of amides is 1. The van der Waals surface area contributed by atoms with Gasteiger partial charge < -0.3 is 10.4 Å². The number of aliphatic carboxylic acids is 1. The van der Waals surface area contributed by atoms with Gasteiger partial charge in [-0.1, -0.05) is 12.8 Å². The Kier molecular flexibility index (Phi) is 3.69. The number of benzene rings is 1. The number of hydrogen-bond donors (Lipinski definition) is 2. The van der Waals surface area contributed by atoms with Crippen LogP contribution in [0.1, 0.15) is 36.0 Å². The lowest BCUT2D eigenvalue weighted by Crippen LogP contribution is -2.52. The van der Waals surface area contributed by atoms with E-state index < -0.39 is 40.4 Å². The van der Waals surface area contributed by atoms with E-state index in [4.69, 9.17) is 0 Å². The van der Waals surface area contributed by atoms with Crippen LogP contribution >= 0.6 is 0 Å². The van der Waals surface area contributed by atoms with Crippen LogP contribution in [-0.2, 0) is 4.79 Å². The van der Waals surface area contributed by atoms with E-state index in [0.29, 0.717) is 18.9 Å². The van der Waals surface area contributed by atoms with Crippen LogP contribution < -0.4 is 5.32 Å². The molecule has 1 amide bonds. The van der Waals surface area contributed by atoms with Gasteiger partial charge >= 0.3 is 5.97 Å². The zero-order chi connectivity index (χ0) is 14.9. The van der Waals surface area contributed by atoms with E-state index >= 15 is 0 Å². The second kappa shape index (κ2) is 5.15. The first-order valence-corrected chi connectivity index (χ1v) is 6.07. The molecule has 2 N–H and O–H groups in total. The Morgan fingerprint density at radius 1 is 1.10 bits per heavy atom. The van der Waals surface area contributed by atoms with Gasteiger partial charge in [0.25, 0.3) is 5.91 Å². The second-order valence-corrected chi connectivity index (χ2v) is 4.77. The second-order valence-electron chi connectivity index (χ2n) is 4.77. The fourth-order valence-electron chi connectivity index (χ4n) is 2.36. The highest BCUT2D eigenvalue weighted by Gasteiger charge is 2.43. The van der Waals surface area contributed by atoms with Crippen molar-refractivity contribution in [2.45, 2.75) is 31.2 Å². The summed E-state index contributed by atoms with van der Waals surface area (Å²) >= 11 is 0. The van der Waals surface area contributed by atoms with E-state index in [1.807, 2.05) is 0 Å². The van der Waals surface area contributed by atoms with Gasteiger partial charge in [0.15, 0.2) is 17.5 Å². The molecule has 1 saturated carbocycles. The Morgan fingerprint density at radius 3 is 2.25 bits per heavy atom. The van der Waals surface area contributed by atoms with Crippen molar-refractivity contribution in [2.75, 3.05) is 0 Å². The van der Waals surface area contributed by atoms with Crippen LogP contribution in [0.2, 0.25) is 0 Å². The van der Waals surface area contributed by atoms with Crippen LogP contribution in [-0.4, -0.2) is 22.5 Å². The maximum Gasteiger partial charge on any atom is 0.329 e. The first-order chi connectivity index (χ1) is 9.37. The molecule has 20 heavy (non-hydrogen) atoms. The summed E-state index contributed by atoms with van der Waals surface area (Å²) in [5.41, 5.74) is -2.18. The van der Waals surface area contributed by atoms with E-state index in [0.717, 1.165) is 6.07 Å². The molecular formula is C13H12F3NO3. The molecule has 0 bridgehead atoms. The summed E-state index contributed by atoms with van der Waals surface area (Å²) in [6.07, 6.45) is 1.68. The van der Waals surface area contributed by atoms with Crippen molar-refractivity contribution >= 4 is 11.9 Å². The monoisotopic (exact) mass is 287 g/mol. The average Bonchev–Trinajstić information content (AvgIpc) is 2.86. The van der Waals surface area contributed by atoms with Crippen molar-refractivity contribution in [1.82, 2.24) is 5.32 Å². The number of hydrogen-bond acceptors (Lipinski definition) is 2. The molecule has 1 aliphatic carbocycles. The highest BCUT2D eigenvalue weighted by Crippen LogP contribution is 2.30. The number of rotatable bonds is 3. The Hall–Kier alpha value is -2.05. The summed E-state index contributed by atoms with van der Waals surface area (Å²) in [7, 11) is 0. The van der Waals surface area contributed by atoms with Crippen molar-refractivity contribution in [3.05, 3.63) is 35.1 Å². The first-order valence-electron chi connectivity index (χ1n) is 6.07. The molecule has 1 aromatic rings. The lowest BCUT2D eigenvalue weighted by molar-refractivity contribution is -0.144. The minimum atomic E-state index is -1.76. The lowest BCUT2D eigenvalue weighted by Gasteiger charge is -2.25. The summed E-state index contributed by atoms with van der Waals surface area (Å²) in [4.78, 5) is 23.1. The number of carboxylic acid groups (broad SMARTS) is 1. The summed E-state index contributed by atoms with van der Waals surface area (Å²) < 4.78 is 39.4. The Labute approximate surface area is 112 Å². The third kappa shape index (κ3) is 2.35. The Bertz CT molecular complexity index is 568. The number of carbonyl (C=O) groups is 2. The molecule has 7 heteroatoms. The third-order valence-electron chi connectivity index (χ3n) is 3.50. The van der Waals surface area contributed by atoms with Gasteiger partial charge in [0, 0.05) is 0 Å². The van der Waals surface area contributed by atoms with E-state index in [2.05, 4.69) is 5.32 Å². The molecule has 4 nitrogen and oxygen atoms in total. The van der Waals surface area contributed by atoms with Gasteiger partial charge in [-0.05, 0) is 25.0 Å². The van der Waals surface area contributed by atoms with Gasteiger partial charge in [0.2, 0.25) is 0 Å². The molecular weight excluding hydrogens is 275 g/mol. The van der Waals surface area contributed by atoms with Gasteiger partial charge in [-0.2, -0.15) is 0 Å². The molecule has 2 rings (SSSR count). The zero-order valence-electron chi connectivity index (χ0n) is 10.4. The van der Waals surface area contributed by atoms with Gasteiger partial charge in [-0.15, -0.1) is 0 Å². The molecule has 108 valence electrons. The maximum absolute atomic E-state index is 13.5. The van der Waals surface area contributed by atoms with E-state index in [-0.39, 0.29) is 12.8 Å². The van der Waals surface area contributed by atoms with Crippen LogP contribution in [0.3, 0.4) is 0 Å². The van der Waals surface area contributed by atoms with E-state index in [1.54, 1.807) is 0 Å². The molecule has 0 saturated heterocycles. The fraction of sp³-hybridized carbons (Fsp3) is 0.385. The smallest absolute Gasteiger partial charge is 0.329 e. The normalized spacial score (nSPS) is 16.9. The van der Waals surface area contributed by atoms with Crippen molar-refractivity contribution in [1.29, 1.82) is 0 Å². The number of carboxylic acids is 1. The first kappa shape index (κ1) is 14.4. The quantitative estimate of drug-likeness (QED) is 0.838. The molecule has 0 heterocycles. The number of carbonyl (C=O) groups excluding carboxylic acids is 1. The topological polar surface area (TPSA) is 66.4 Å². The maximum atomic E-state index is 13.5. The van der Waals surface area contributed by atoms with Crippen molar-refractivity contribution in [3.63, 3.8) is 0 Å². The SMILES string of the molecule is O=C(NC1(C(=O)O)CCCC1)c1ccc(F)c(F)c1F. The summed E-state index contributed by atoms with van der Waals surface area (Å²) in [6.45, 7) is 0. The third-order valence-corrected chi connectivity index (χ3v) is 3.50. The number of nitrogens with one attached hydrogen (secondary N) is 1. The molecule has 1 fully saturated rings. The van der Waals surface area contributed by atoms with Crippen LogP contribution in [0.5, 0.6) is 0 Å². The average molecular weight is 287 g/mol. The molecule has 0 atom stereocenters. The van der Waals surface area contributed by atoms with Crippen molar-refractivity contribution < 1.29 is 27.9 Å². The van der Waals surface area contributed by atoms with Crippen LogP contribution in [0.4, 0.5) is 13.2 Å². The number of halogens is 3. The lowest BCUT2D eigenvalue weighted by atomic mass is 9.97. The summed E-state index contributed by atoms with van der Waals surface area (Å²) in [5.74, 6) is -7.07. The molecule has 1 aliphatic rings. The molecule has 0 aromatic heterocycles. The molecule has 0 spiro atoms. The predicted molar refractivity (Wildman–Crippen MR) is 62.6 cm³/mol. The summed E-state index contributed by atoms with van der Waals surface area (Å²) in [6, 6.07) is 1.41. The van der Waals surface area contributed by atoms with Gasteiger partial charge in [0.05, 0.1) is 5.56 Å². The standard InChI is InChI=1S/C13H12F3NO3/c14-8-4-3-7(9(15)10(8)16)11(18)17-13(12(19)20)5-1-2-6-13/h3-4H,1-2,5-6H2,(H,17,18)(H,19,20). The fourth-order valence-corrected chi connectivity index (χ4v) is 2.36. The Morgan fingerprint density at radius 2 is 1.70 bits per heavy atom. The zero-order valence-corrected chi connectivity index (χ0v) is 10.4. The largest absolute Gasteiger partial charge is 0.480 e. The molecule has 0 unspecified atom stereocenters. The summed E-state index contributed by atoms with van der Waals surface area (Å²) in [5, 5.41) is 11.4. The minimum Gasteiger partial charge on any atom is -0.480 e. The van der Waals surface area contributed by atoms with Gasteiger partial charge in [-0.3, -0.25) is 4.79 Å². The van der Waals surface area contributed by atoms with Gasteiger partial charge in [-0.25, -0.2) is 18.0 Å². The van der Waals surface area contributed by atoms with Crippen molar-refractivity contribution in [3.8, 4) is 0 Å². The highest BCUT2D eigenvalue weighted by atomic mass is 19.2. The van der Waals surface area contributed by atoms with Crippen LogP contribution in [0.25, 0.3) is 0 Å². The highest BCUT2D eigenvalue weighted by molar-refractivity contribution is 5.98.